The van der Waals surface area contributed by atoms with Gasteiger partial charge in [0.15, 0.2) is 0 Å². The van der Waals surface area contributed by atoms with E-state index in [1.165, 1.54) is 18.2 Å². The number of aromatic nitrogens is 1. The number of carbonyl (C=O) groups excluding carboxylic acids is 3. The zero-order valence-electron chi connectivity index (χ0n) is 17.6. The summed E-state index contributed by atoms with van der Waals surface area (Å²) < 4.78 is 15.7. The molecule has 4 amide bonds. The molecule has 3 aromatic rings. The molecule has 1 aromatic heterocycles. The molecule has 2 aromatic carbocycles. The van der Waals surface area contributed by atoms with Gasteiger partial charge in [-0.1, -0.05) is 24.3 Å². The molecule has 8 heteroatoms. The Kier molecular flexibility index (Phi) is 5.59. The normalized spacial score (nSPS) is 14.7. The third-order valence-corrected chi connectivity index (χ3v) is 5.32. The Morgan fingerprint density at radius 1 is 1.06 bits per heavy atom. The van der Waals surface area contributed by atoms with Crippen molar-refractivity contribution in [1.82, 2.24) is 14.8 Å². The van der Waals surface area contributed by atoms with Crippen LogP contribution in [-0.4, -0.2) is 33.9 Å². The third-order valence-electron chi connectivity index (χ3n) is 5.32. The van der Waals surface area contributed by atoms with Gasteiger partial charge in [-0.15, -0.1) is 0 Å². The van der Waals surface area contributed by atoms with Crippen LogP contribution in [0.5, 0.6) is 0 Å². The maximum absolute atomic E-state index is 13.7. The number of para-hydroxylation sites is 1. The second kappa shape index (κ2) is 8.50. The van der Waals surface area contributed by atoms with Crippen LogP contribution in [0.1, 0.15) is 16.8 Å². The molecule has 0 radical (unpaired) electrons. The lowest BCUT2D eigenvalue weighted by Crippen LogP contribution is -2.38. The minimum absolute atomic E-state index is 0.0216. The van der Waals surface area contributed by atoms with Gasteiger partial charge in [-0.2, -0.15) is 0 Å². The van der Waals surface area contributed by atoms with Gasteiger partial charge in [0.25, 0.3) is 5.91 Å². The predicted molar refractivity (Wildman–Crippen MR) is 118 cm³/mol. The fourth-order valence-electron chi connectivity index (χ4n) is 3.49. The highest BCUT2D eigenvalue weighted by molar-refractivity contribution is 6.15. The summed E-state index contributed by atoms with van der Waals surface area (Å²) in [5.74, 6) is -1.92. The zero-order chi connectivity index (χ0) is 22.8. The van der Waals surface area contributed by atoms with Crippen LogP contribution >= 0.6 is 0 Å². The Morgan fingerprint density at radius 2 is 1.84 bits per heavy atom. The molecule has 4 rings (SSSR count). The van der Waals surface area contributed by atoms with Gasteiger partial charge in [-0.25, -0.2) is 14.1 Å². The maximum Gasteiger partial charge on any atom is 0.329 e. The molecule has 1 saturated heterocycles. The van der Waals surface area contributed by atoms with Gasteiger partial charge in [-0.3, -0.25) is 9.59 Å². The van der Waals surface area contributed by atoms with Crippen LogP contribution in [0.4, 0.5) is 14.9 Å². The SMILES string of the molecule is Cc1cccc(-n2cccc2/C=C2/NC(=O)N(CC(=O)Nc3ccccc3F)C2=O)c1C. The molecule has 1 fully saturated rings. The lowest BCUT2D eigenvalue weighted by atomic mass is 10.1. The smallest absolute Gasteiger partial charge is 0.322 e. The summed E-state index contributed by atoms with van der Waals surface area (Å²) in [5, 5.41) is 4.88. The number of urea groups is 1. The van der Waals surface area contributed by atoms with E-state index in [-0.39, 0.29) is 11.4 Å². The van der Waals surface area contributed by atoms with E-state index in [0.29, 0.717) is 5.69 Å². The molecule has 0 saturated carbocycles. The lowest BCUT2D eigenvalue weighted by Gasteiger charge is -2.13. The van der Waals surface area contributed by atoms with Gasteiger partial charge in [0.2, 0.25) is 5.91 Å². The van der Waals surface area contributed by atoms with Crippen LogP contribution in [0.15, 0.2) is 66.5 Å². The Morgan fingerprint density at radius 3 is 2.62 bits per heavy atom. The Hall–Kier alpha value is -4.20. The van der Waals surface area contributed by atoms with Gasteiger partial charge in [0, 0.05) is 17.6 Å². The first kappa shape index (κ1) is 21.0. The second-order valence-corrected chi connectivity index (χ2v) is 7.43. The third kappa shape index (κ3) is 4.02. The molecule has 0 aliphatic carbocycles. The van der Waals surface area contributed by atoms with E-state index >= 15 is 0 Å². The van der Waals surface area contributed by atoms with Crippen LogP contribution in [0.25, 0.3) is 11.8 Å². The summed E-state index contributed by atoms with van der Waals surface area (Å²) in [5.41, 5.74) is 3.91. The molecule has 2 heterocycles. The van der Waals surface area contributed by atoms with Gasteiger partial charge in [-0.05, 0) is 61.4 Å². The number of amides is 4. The zero-order valence-corrected chi connectivity index (χ0v) is 17.6. The van der Waals surface area contributed by atoms with Crippen molar-refractivity contribution >= 4 is 29.6 Å². The van der Waals surface area contributed by atoms with Gasteiger partial charge in [0.1, 0.15) is 18.1 Å². The molecule has 7 nitrogen and oxygen atoms in total. The minimum atomic E-state index is -0.713. The standard InChI is InChI=1S/C24H21FN4O3/c1-15-7-5-11-21(16(15)2)28-12-6-8-17(28)13-20-23(31)29(24(32)27-20)14-22(30)26-19-10-4-3-9-18(19)25/h3-13H,14H2,1-2H3,(H,26,30)(H,27,32)/b20-13+. The molecule has 1 aliphatic heterocycles. The van der Waals surface area contributed by atoms with E-state index in [2.05, 4.69) is 10.6 Å². The molecule has 2 N–H and O–H groups in total. The average Bonchev–Trinajstić information content (AvgIpc) is 3.32. The Bertz CT molecular complexity index is 1260. The molecule has 162 valence electrons. The molecular formula is C24H21FN4O3. The highest BCUT2D eigenvalue weighted by Crippen LogP contribution is 2.22. The molecule has 32 heavy (non-hydrogen) atoms. The van der Waals surface area contributed by atoms with Crippen molar-refractivity contribution in [3.63, 3.8) is 0 Å². The van der Waals surface area contributed by atoms with E-state index in [0.717, 1.165) is 21.7 Å². The topological polar surface area (TPSA) is 83.4 Å². The quantitative estimate of drug-likeness (QED) is 0.476. The van der Waals surface area contributed by atoms with Crippen molar-refractivity contribution in [1.29, 1.82) is 0 Å². The monoisotopic (exact) mass is 432 g/mol. The molecule has 0 spiro atoms. The van der Waals surface area contributed by atoms with Crippen LogP contribution in [0, 0.1) is 19.7 Å². The van der Waals surface area contributed by atoms with Gasteiger partial charge in [0.05, 0.1) is 5.69 Å². The summed E-state index contributed by atoms with van der Waals surface area (Å²) in [6.07, 6.45) is 3.44. The van der Waals surface area contributed by atoms with E-state index in [1.54, 1.807) is 12.1 Å². The lowest BCUT2D eigenvalue weighted by molar-refractivity contribution is -0.127. The molecular weight excluding hydrogens is 411 g/mol. The Balaban J connectivity index is 1.54. The minimum Gasteiger partial charge on any atom is -0.322 e. The van der Waals surface area contributed by atoms with Crippen molar-refractivity contribution in [2.45, 2.75) is 13.8 Å². The first-order valence-electron chi connectivity index (χ1n) is 9.98. The van der Waals surface area contributed by atoms with E-state index in [9.17, 15) is 18.8 Å². The maximum atomic E-state index is 13.7. The molecule has 0 unspecified atom stereocenters. The number of hydrogen-bond acceptors (Lipinski definition) is 3. The highest BCUT2D eigenvalue weighted by Gasteiger charge is 2.35. The first-order chi connectivity index (χ1) is 15.3. The number of benzene rings is 2. The van der Waals surface area contributed by atoms with E-state index in [1.807, 2.05) is 54.9 Å². The molecule has 0 atom stereocenters. The number of hydrogen-bond donors (Lipinski definition) is 2. The van der Waals surface area contributed by atoms with Crippen molar-refractivity contribution < 1.29 is 18.8 Å². The van der Waals surface area contributed by atoms with Gasteiger partial charge < -0.3 is 15.2 Å². The number of nitrogens with zero attached hydrogens (tertiary/aromatic N) is 2. The van der Waals surface area contributed by atoms with Gasteiger partial charge >= 0.3 is 6.03 Å². The summed E-state index contributed by atoms with van der Waals surface area (Å²) >= 11 is 0. The number of imide groups is 1. The number of rotatable bonds is 5. The molecule has 1 aliphatic rings. The largest absolute Gasteiger partial charge is 0.329 e. The fourth-order valence-corrected chi connectivity index (χ4v) is 3.49. The fraction of sp³-hybridized carbons (Fsp3) is 0.125. The van der Waals surface area contributed by atoms with E-state index < -0.39 is 30.2 Å². The Labute approximate surface area is 184 Å². The number of aryl methyl sites for hydroxylation is 1. The predicted octanol–water partition coefficient (Wildman–Crippen LogP) is 3.76. The van der Waals surface area contributed by atoms with Crippen molar-refractivity contribution in [2.75, 3.05) is 11.9 Å². The van der Waals surface area contributed by atoms with E-state index in [4.69, 9.17) is 0 Å². The number of anilines is 1. The summed E-state index contributed by atoms with van der Waals surface area (Å²) in [6, 6.07) is 14.6. The van der Waals surface area contributed by atoms with Crippen LogP contribution in [0.3, 0.4) is 0 Å². The first-order valence-corrected chi connectivity index (χ1v) is 9.98. The second-order valence-electron chi connectivity index (χ2n) is 7.43. The number of halogens is 1. The summed E-state index contributed by atoms with van der Waals surface area (Å²) in [7, 11) is 0. The van der Waals surface area contributed by atoms with Crippen molar-refractivity contribution in [3.8, 4) is 5.69 Å². The van der Waals surface area contributed by atoms with Crippen molar-refractivity contribution in [2.24, 2.45) is 0 Å². The van der Waals surface area contributed by atoms with Crippen LogP contribution in [-0.2, 0) is 9.59 Å². The summed E-state index contributed by atoms with van der Waals surface area (Å²) in [4.78, 5) is 38.2. The summed E-state index contributed by atoms with van der Waals surface area (Å²) in [6.45, 7) is 3.50. The van der Waals surface area contributed by atoms with Crippen LogP contribution in [0.2, 0.25) is 0 Å². The number of carbonyl (C=O) groups is 3. The highest BCUT2D eigenvalue weighted by atomic mass is 19.1. The average molecular weight is 432 g/mol. The molecule has 0 bridgehead atoms. The number of nitrogens with one attached hydrogen (secondary N) is 2. The van der Waals surface area contributed by atoms with Crippen molar-refractivity contribution in [3.05, 3.63) is 89.1 Å². The van der Waals surface area contributed by atoms with Crippen LogP contribution < -0.4 is 10.6 Å².